The Morgan fingerprint density at radius 2 is 1.79 bits per heavy atom. The Labute approximate surface area is 100 Å². The summed E-state index contributed by atoms with van der Waals surface area (Å²) in [6.07, 6.45) is 1.22. The van der Waals surface area contributed by atoms with Gasteiger partial charge in [-0.1, -0.05) is 20.3 Å². The van der Waals surface area contributed by atoms with Gasteiger partial charge in [0.2, 0.25) is 0 Å². The zero-order valence-corrected chi connectivity index (χ0v) is 11.2. The van der Waals surface area contributed by atoms with Gasteiger partial charge in [0, 0.05) is 15.3 Å². The first-order valence-corrected chi connectivity index (χ1v) is 6.23. The van der Waals surface area contributed by atoms with Gasteiger partial charge >= 0.3 is 0 Å². The van der Waals surface area contributed by atoms with Crippen molar-refractivity contribution in [1.29, 1.82) is 0 Å². The fourth-order valence-corrected chi connectivity index (χ4v) is 1.66. The molecule has 0 amide bonds. The SMILES string of the molecule is CCC(C)C(C)Nc1ccc(I)cc1. The van der Waals surface area contributed by atoms with Gasteiger partial charge in [0.15, 0.2) is 0 Å². The molecule has 0 aliphatic heterocycles. The summed E-state index contributed by atoms with van der Waals surface area (Å²) in [5.74, 6) is 0.717. The van der Waals surface area contributed by atoms with Gasteiger partial charge in [0.1, 0.15) is 0 Å². The minimum atomic E-state index is 0.542. The van der Waals surface area contributed by atoms with Gasteiger partial charge in [-0.15, -0.1) is 0 Å². The van der Waals surface area contributed by atoms with Crippen molar-refractivity contribution >= 4 is 28.3 Å². The highest BCUT2D eigenvalue weighted by atomic mass is 127. The van der Waals surface area contributed by atoms with Crippen molar-refractivity contribution in [2.24, 2.45) is 5.92 Å². The van der Waals surface area contributed by atoms with Crippen LogP contribution in [0.1, 0.15) is 27.2 Å². The summed E-state index contributed by atoms with van der Waals surface area (Å²) < 4.78 is 1.28. The summed E-state index contributed by atoms with van der Waals surface area (Å²) >= 11 is 2.32. The Balaban J connectivity index is 2.56. The van der Waals surface area contributed by atoms with Crippen LogP contribution < -0.4 is 5.32 Å². The molecule has 0 aliphatic rings. The van der Waals surface area contributed by atoms with Crippen LogP contribution in [0.15, 0.2) is 24.3 Å². The summed E-state index contributed by atoms with van der Waals surface area (Å²) in [4.78, 5) is 0. The molecule has 0 saturated heterocycles. The molecule has 0 radical (unpaired) electrons. The molecule has 0 heterocycles. The van der Waals surface area contributed by atoms with Crippen LogP contribution in [0.4, 0.5) is 5.69 Å². The van der Waals surface area contributed by atoms with Crippen LogP contribution in [-0.2, 0) is 0 Å². The maximum Gasteiger partial charge on any atom is 0.0343 e. The second kappa shape index (κ2) is 5.59. The van der Waals surface area contributed by atoms with Crippen molar-refractivity contribution in [3.8, 4) is 0 Å². The minimum absolute atomic E-state index is 0.542. The van der Waals surface area contributed by atoms with Crippen molar-refractivity contribution < 1.29 is 0 Å². The standard InChI is InChI=1S/C12H18IN/c1-4-9(2)10(3)14-12-7-5-11(13)6-8-12/h5-10,14H,4H2,1-3H3. The van der Waals surface area contributed by atoms with Crippen molar-refractivity contribution in [1.82, 2.24) is 0 Å². The number of nitrogens with one attached hydrogen (secondary N) is 1. The van der Waals surface area contributed by atoms with Crippen molar-refractivity contribution in [3.05, 3.63) is 27.8 Å². The van der Waals surface area contributed by atoms with E-state index in [2.05, 4.69) is 72.9 Å². The van der Waals surface area contributed by atoms with E-state index in [4.69, 9.17) is 0 Å². The fraction of sp³-hybridized carbons (Fsp3) is 0.500. The minimum Gasteiger partial charge on any atom is -0.382 e. The van der Waals surface area contributed by atoms with E-state index in [-0.39, 0.29) is 0 Å². The second-order valence-corrected chi connectivity index (χ2v) is 5.07. The molecule has 2 unspecified atom stereocenters. The molecule has 2 heteroatoms. The molecular weight excluding hydrogens is 285 g/mol. The van der Waals surface area contributed by atoms with Crippen LogP contribution in [0.3, 0.4) is 0 Å². The number of halogens is 1. The highest BCUT2D eigenvalue weighted by Crippen LogP contribution is 2.16. The first-order valence-electron chi connectivity index (χ1n) is 5.15. The summed E-state index contributed by atoms with van der Waals surface area (Å²) in [6.45, 7) is 6.76. The third-order valence-corrected chi connectivity index (χ3v) is 3.46. The Hall–Kier alpha value is -0.250. The van der Waals surface area contributed by atoms with Crippen LogP contribution in [0.2, 0.25) is 0 Å². The first-order chi connectivity index (χ1) is 6.63. The van der Waals surface area contributed by atoms with Gasteiger partial charge in [0.05, 0.1) is 0 Å². The Bertz CT molecular complexity index is 268. The summed E-state index contributed by atoms with van der Waals surface area (Å²) in [6, 6.07) is 9.08. The largest absolute Gasteiger partial charge is 0.382 e. The fourth-order valence-electron chi connectivity index (χ4n) is 1.30. The molecule has 0 spiro atoms. The molecule has 1 nitrogen and oxygen atoms in total. The van der Waals surface area contributed by atoms with E-state index < -0.39 is 0 Å². The van der Waals surface area contributed by atoms with E-state index in [0.717, 1.165) is 0 Å². The van der Waals surface area contributed by atoms with Gasteiger partial charge in [-0.2, -0.15) is 0 Å². The molecule has 0 aromatic heterocycles. The van der Waals surface area contributed by atoms with Crippen molar-refractivity contribution in [3.63, 3.8) is 0 Å². The average molecular weight is 303 g/mol. The molecule has 1 aromatic rings. The molecule has 0 bridgehead atoms. The van der Waals surface area contributed by atoms with Gasteiger partial charge in [-0.05, 0) is 59.7 Å². The zero-order valence-electron chi connectivity index (χ0n) is 9.05. The molecule has 0 aliphatic carbocycles. The number of benzene rings is 1. The maximum absolute atomic E-state index is 3.52. The van der Waals surface area contributed by atoms with Crippen molar-refractivity contribution in [2.45, 2.75) is 33.2 Å². The lowest BCUT2D eigenvalue weighted by atomic mass is 10.0. The molecular formula is C12H18IN. The Kier molecular flexibility index (Phi) is 4.72. The normalized spacial score (nSPS) is 14.9. The monoisotopic (exact) mass is 303 g/mol. The number of rotatable bonds is 4. The highest BCUT2D eigenvalue weighted by molar-refractivity contribution is 14.1. The van der Waals surface area contributed by atoms with Crippen LogP contribution >= 0.6 is 22.6 Å². The van der Waals surface area contributed by atoms with E-state index in [1.807, 2.05) is 0 Å². The van der Waals surface area contributed by atoms with E-state index in [9.17, 15) is 0 Å². The predicted molar refractivity (Wildman–Crippen MR) is 71.7 cm³/mol. The molecule has 1 N–H and O–H groups in total. The molecule has 78 valence electrons. The number of anilines is 1. The highest BCUT2D eigenvalue weighted by Gasteiger charge is 2.08. The molecule has 14 heavy (non-hydrogen) atoms. The first kappa shape index (κ1) is 11.8. The van der Waals surface area contributed by atoms with Crippen LogP contribution in [0.5, 0.6) is 0 Å². The van der Waals surface area contributed by atoms with Crippen LogP contribution in [-0.4, -0.2) is 6.04 Å². The quantitative estimate of drug-likeness (QED) is 0.824. The van der Waals surface area contributed by atoms with E-state index in [1.54, 1.807) is 0 Å². The molecule has 1 rings (SSSR count). The lowest BCUT2D eigenvalue weighted by Crippen LogP contribution is -2.23. The van der Waals surface area contributed by atoms with Crippen molar-refractivity contribution in [2.75, 3.05) is 5.32 Å². The zero-order chi connectivity index (χ0) is 10.6. The lowest BCUT2D eigenvalue weighted by molar-refractivity contribution is 0.494. The van der Waals surface area contributed by atoms with Crippen LogP contribution in [0.25, 0.3) is 0 Å². The van der Waals surface area contributed by atoms with Gasteiger partial charge in [-0.25, -0.2) is 0 Å². The summed E-state index contributed by atoms with van der Waals surface area (Å²) in [5, 5.41) is 3.52. The van der Waals surface area contributed by atoms with E-state index in [0.29, 0.717) is 12.0 Å². The molecule has 0 saturated carbocycles. The number of hydrogen-bond acceptors (Lipinski definition) is 1. The van der Waals surface area contributed by atoms with Gasteiger partial charge in [0.25, 0.3) is 0 Å². The molecule has 1 aromatic carbocycles. The van der Waals surface area contributed by atoms with E-state index in [1.165, 1.54) is 15.7 Å². The molecule has 0 fully saturated rings. The van der Waals surface area contributed by atoms with Gasteiger partial charge in [-0.3, -0.25) is 0 Å². The topological polar surface area (TPSA) is 12.0 Å². The van der Waals surface area contributed by atoms with E-state index >= 15 is 0 Å². The van der Waals surface area contributed by atoms with Gasteiger partial charge < -0.3 is 5.32 Å². The van der Waals surface area contributed by atoms with Crippen LogP contribution in [0, 0.1) is 9.49 Å². The Morgan fingerprint density at radius 1 is 1.21 bits per heavy atom. The lowest BCUT2D eigenvalue weighted by Gasteiger charge is -2.21. The third kappa shape index (κ3) is 3.48. The summed E-state index contributed by atoms with van der Waals surface area (Å²) in [7, 11) is 0. The number of hydrogen-bond donors (Lipinski definition) is 1. The Morgan fingerprint density at radius 3 is 2.29 bits per heavy atom. The smallest absolute Gasteiger partial charge is 0.0343 e. The molecule has 2 atom stereocenters. The predicted octanol–water partition coefficient (Wildman–Crippen LogP) is 4.14. The maximum atomic E-state index is 3.52. The second-order valence-electron chi connectivity index (χ2n) is 3.83. The third-order valence-electron chi connectivity index (χ3n) is 2.74. The summed E-state index contributed by atoms with van der Waals surface area (Å²) in [5.41, 5.74) is 1.22. The average Bonchev–Trinajstić information content (AvgIpc) is 2.20.